The summed E-state index contributed by atoms with van der Waals surface area (Å²) in [6.45, 7) is 2.12. The van der Waals surface area contributed by atoms with Crippen LogP contribution in [0, 0.1) is 0 Å². The third-order valence-corrected chi connectivity index (χ3v) is 4.76. The number of nitrogens with one attached hydrogen (secondary N) is 3. The Bertz CT molecular complexity index is 1060. The molecule has 1 amide bonds. The molecule has 1 aromatic heterocycles. The van der Waals surface area contributed by atoms with Crippen LogP contribution >= 0.6 is 0 Å². The quantitative estimate of drug-likeness (QED) is 0.299. The van der Waals surface area contributed by atoms with Gasteiger partial charge in [-0.2, -0.15) is 18.3 Å². The molecule has 7 nitrogen and oxygen atoms in total. The summed E-state index contributed by atoms with van der Waals surface area (Å²) >= 11 is 0. The highest BCUT2D eigenvalue weighted by atomic mass is 19.4. The van der Waals surface area contributed by atoms with E-state index in [4.69, 9.17) is 5.73 Å². The number of rotatable bonds is 9. The fourth-order valence-electron chi connectivity index (χ4n) is 3.08. The molecule has 10 heteroatoms. The van der Waals surface area contributed by atoms with E-state index in [-0.39, 0.29) is 12.2 Å². The molecule has 0 saturated carbocycles. The lowest BCUT2D eigenvalue weighted by atomic mass is 10.2. The molecule has 1 heterocycles. The number of nitrogens with zero attached hydrogens (tertiary/aromatic N) is 2. The van der Waals surface area contributed by atoms with Gasteiger partial charge in [0.1, 0.15) is 5.69 Å². The first-order valence-electron chi connectivity index (χ1n) is 10.0. The van der Waals surface area contributed by atoms with E-state index < -0.39 is 17.8 Å². The zero-order chi connectivity index (χ0) is 23.1. The Morgan fingerprint density at radius 1 is 1.06 bits per heavy atom. The van der Waals surface area contributed by atoms with Crippen LogP contribution in [0.3, 0.4) is 0 Å². The summed E-state index contributed by atoms with van der Waals surface area (Å²) in [4.78, 5) is 12.8. The van der Waals surface area contributed by atoms with Crippen molar-refractivity contribution < 1.29 is 18.0 Å². The molecule has 0 bridgehead atoms. The van der Waals surface area contributed by atoms with Crippen LogP contribution < -0.4 is 21.7 Å². The number of alkyl halides is 3. The average Bonchev–Trinajstić information content (AvgIpc) is 3.23. The van der Waals surface area contributed by atoms with Gasteiger partial charge in [0.25, 0.3) is 5.91 Å². The summed E-state index contributed by atoms with van der Waals surface area (Å²) in [7, 11) is 1.84. The molecule has 0 atom stereocenters. The normalized spacial score (nSPS) is 11.5. The van der Waals surface area contributed by atoms with Gasteiger partial charge in [0.2, 0.25) is 0 Å². The minimum atomic E-state index is -4.68. The van der Waals surface area contributed by atoms with E-state index in [1.54, 1.807) is 42.5 Å². The van der Waals surface area contributed by atoms with Crippen LogP contribution in [0.4, 0.5) is 18.9 Å². The van der Waals surface area contributed by atoms with Gasteiger partial charge in [0.05, 0.1) is 5.69 Å². The molecule has 3 aromatic rings. The van der Waals surface area contributed by atoms with E-state index in [9.17, 15) is 18.0 Å². The molecule has 0 unspecified atom stereocenters. The topological polar surface area (TPSA) is 97.0 Å². The number of nitrogen functional groups attached to an aromatic ring is 1. The maximum Gasteiger partial charge on any atom is 0.435 e. The predicted octanol–water partition coefficient (Wildman–Crippen LogP) is 2.71. The number of nitrogens with two attached hydrogens (primary N) is 1. The van der Waals surface area contributed by atoms with Gasteiger partial charge in [0.15, 0.2) is 5.69 Å². The third-order valence-electron chi connectivity index (χ3n) is 4.76. The molecule has 0 saturated heterocycles. The summed E-state index contributed by atoms with van der Waals surface area (Å²) in [5, 5.41) is 12.5. The second-order valence-electron chi connectivity index (χ2n) is 7.16. The molecule has 5 N–H and O–H groups in total. The third kappa shape index (κ3) is 5.86. The van der Waals surface area contributed by atoms with Crippen molar-refractivity contribution in [2.24, 2.45) is 0 Å². The molecular formula is C22H25F3N6O. The minimum absolute atomic E-state index is 0.0768. The molecule has 32 heavy (non-hydrogen) atoms. The average molecular weight is 446 g/mol. The molecule has 0 aliphatic heterocycles. The van der Waals surface area contributed by atoms with E-state index >= 15 is 0 Å². The molecular weight excluding hydrogens is 421 g/mol. The van der Waals surface area contributed by atoms with Gasteiger partial charge in [-0.25, -0.2) is 4.68 Å². The first kappa shape index (κ1) is 23.3. The maximum atomic E-state index is 13.3. The van der Waals surface area contributed by atoms with Crippen LogP contribution in [0.5, 0.6) is 0 Å². The molecule has 170 valence electrons. The molecule has 0 radical (unpaired) electrons. The molecule has 0 aliphatic carbocycles. The van der Waals surface area contributed by atoms with Crippen molar-refractivity contribution in [3.63, 3.8) is 0 Å². The minimum Gasteiger partial charge on any atom is -0.398 e. The van der Waals surface area contributed by atoms with Gasteiger partial charge in [-0.3, -0.25) is 4.79 Å². The summed E-state index contributed by atoms with van der Waals surface area (Å²) < 4.78 is 41.0. The SMILES string of the molecule is CNCCNCc1cccc(-n2nc(C(F)(F)F)cc2C(=O)NCc2ccccc2N)c1. The lowest BCUT2D eigenvalue weighted by molar-refractivity contribution is -0.141. The summed E-state index contributed by atoms with van der Waals surface area (Å²) in [5.41, 5.74) is 6.88. The predicted molar refractivity (Wildman–Crippen MR) is 116 cm³/mol. The Balaban J connectivity index is 1.86. The number of amides is 1. The van der Waals surface area contributed by atoms with Crippen LogP contribution in [-0.2, 0) is 19.3 Å². The van der Waals surface area contributed by atoms with Gasteiger partial charge in [-0.1, -0.05) is 30.3 Å². The second-order valence-corrected chi connectivity index (χ2v) is 7.16. The maximum absolute atomic E-state index is 13.3. The number of hydrogen-bond acceptors (Lipinski definition) is 5. The summed E-state index contributed by atoms with van der Waals surface area (Å²) in [6, 6.07) is 14.6. The van der Waals surface area contributed by atoms with Gasteiger partial charge in [0, 0.05) is 37.9 Å². The van der Waals surface area contributed by atoms with E-state index in [1.165, 1.54) is 0 Å². The van der Waals surface area contributed by atoms with Crippen molar-refractivity contribution in [3.8, 4) is 5.69 Å². The van der Waals surface area contributed by atoms with E-state index in [2.05, 4.69) is 21.0 Å². The summed E-state index contributed by atoms with van der Waals surface area (Å²) in [5.74, 6) is -0.686. The Hall–Kier alpha value is -3.37. The van der Waals surface area contributed by atoms with Crippen LogP contribution in [0.1, 0.15) is 27.3 Å². The van der Waals surface area contributed by atoms with E-state index in [0.717, 1.165) is 29.4 Å². The Kier molecular flexibility index (Phi) is 7.49. The highest BCUT2D eigenvalue weighted by Crippen LogP contribution is 2.29. The Morgan fingerprint density at radius 3 is 2.56 bits per heavy atom. The fourth-order valence-corrected chi connectivity index (χ4v) is 3.08. The number of hydrogen-bond donors (Lipinski definition) is 4. The molecule has 0 spiro atoms. The van der Waals surface area contributed by atoms with E-state index in [1.807, 2.05) is 13.1 Å². The first-order valence-corrected chi connectivity index (χ1v) is 10.0. The van der Waals surface area contributed by atoms with Crippen molar-refractivity contribution in [3.05, 3.63) is 77.1 Å². The van der Waals surface area contributed by atoms with Gasteiger partial charge in [-0.05, 0) is 36.4 Å². The van der Waals surface area contributed by atoms with Crippen LogP contribution in [0.2, 0.25) is 0 Å². The van der Waals surface area contributed by atoms with Crippen LogP contribution in [0.15, 0.2) is 54.6 Å². The number of aromatic nitrogens is 2. The lowest BCUT2D eigenvalue weighted by Gasteiger charge is -2.11. The highest BCUT2D eigenvalue weighted by molar-refractivity contribution is 5.93. The van der Waals surface area contributed by atoms with Gasteiger partial charge in [-0.15, -0.1) is 0 Å². The van der Waals surface area contributed by atoms with Gasteiger partial charge < -0.3 is 21.7 Å². The van der Waals surface area contributed by atoms with Crippen molar-refractivity contribution in [1.82, 2.24) is 25.7 Å². The Morgan fingerprint density at radius 2 is 1.84 bits per heavy atom. The number of halogens is 3. The van der Waals surface area contributed by atoms with E-state index in [0.29, 0.717) is 23.5 Å². The molecule has 0 fully saturated rings. The number of likely N-dealkylation sites (N-methyl/N-ethyl adjacent to an activating group) is 1. The van der Waals surface area contributed by atoms with Crippen LogP contribution in [-0.4, -0.2) is 35.8 Å². The van der Waals surface area contributed by atoms with Gasteiger partial charge >= 0.3 is 6.18 Å². The number of benzene rings is 2. The smallest absolute Gasteiger partial charge is 0.398 e. The zero-order valence-electron chi connectivity index (χ0n) is 17.5. The highest BCUT2D eigenvalue weighted by Gasteiger charge is 2.36. The van der Waals surface area contributed by atoms with Crippen molar-refractivity contribution in [1.29, 1.82) is 0 Å². The fraction of sp³-hybridized carbons (Fsp3) is 0.273. The number of para-hydroxylation sites is 1. The lowest BCUT2D eigenvalue weighted by Crippen LogP contribution is -2.26. The monoisotopic (exact) mass is 446 g/mol. The second kappa shape index (κ2) is 10.3. The number of carbonyl (C=O) groups is 1. The summed E-state index contributed by atoms with van der Waals surface area (Å²) in [6.07, 6.45) is -4.68. The van der Waals surface area contributed by atoms with Crippen molar-refractivity contribution >= 4 is 11.6 Å². The largest absolute Gasteiger partial charge is 0.435 e. The number of carbonyl (C=O) groups excluding carboxylic acids is 1. The Labute approximate surface area is 183 Å². The van der Waals surface area contributed by atoms with Crippen molar-refractivity contribution in [2.75, 3.05) is 25.9 Å². The molecule has 0 aliphatic rings. The molecule has 2 aromatic carbocycles. The van der Waals surface area contributed by atoms with Crippen LogP contribution in [0.25, 0.3) is 5.69 Å². The zero-order valence-corrected chi connectivity index (χ0v) is 17.5. The standard InChI is InChI=1S/C22H25F3N6O/c1-27-9-10-28-13-15-5-4-7-17(11-15)31-19(12-20(30-31)22(23,24)25)21(32)29-14-16-6-2-3-8-18(16)26/h2-8,11-12,27-28H,9-10,13-14,26H2,1H3,(H,29,32). The molecule has 3 rings (SSSR count). The first-order chi connectivity index (χ1) is 15.3. The van der Waals surface area contributed by atoms with Crippen molar-refractivity contribution in [2.45, 2.75) is 19.3 Å². The number of anilines is 1.